The molecule has 8 heteroatoms. The summed E-state index contributed by atoms with van der Waals surface area (Å²) in [4.78, 5) is 15.5. The van der Waals surface area contributed by atoms with Crippen LogP contribution < -0.4 is 16.0 Å². The van der Waals surface area contributed by atoms with Crippen LogP contribution in [0.4, 0.5) is 0 Å². The van der Waals surface area contributed by atoms with Crippen molar-refractivity contribution in [3.05, 3.63) is 17.5 Å². The molecule has 0 bridgehead atoms. The van der Waals surface area contributed by atoms with Crippen LogP contribution in [-0.2, 0) is 17.6 Å². The second kappa shape index (κ2) is 9.09. The number of hydrogen-bond donors (Lipinski definition) is 3. The molecule has 1 aliphatic rings. The molecule has 0 fully saturated rings. The van der Waals surface area contributed by atoms with Crippen LogP contribution in [-0.4, -0.2) is 48.3 Å². The zero-order valence-electron chi connectivity index (χ0n) is 14.2. The van der Waals surface area contributed by atoms with Gasteiger partial charge in [0.25, 0.3) is 0 Å². The van der Waals surface area contributed by atoms with Gasteiger partial charge < -0.3 is 16.0 Å². The highest BCUT2D eigenvalue weighted by Gasteiger charge is 2.23. The highest BCUT2D eigenvalue weighted by Crippen LogP contribution is 2.21. The molecule has 1 amide bonds. The van der Waals surface area contributed by atoms with E-state index in [2.05, 4.69) is 46.1 Å². The third kappa shape index (κ3) is 5.36. The maximum atomic E-state index is 11.3. The van der Waals surface area contributed by atoms with Crippen molar-refractivity contribution in [3.8, 4) is 0 Å². The van der Waals surface area contributed by atoms with Crippen molar-refractivity contribution in [1.82, 2.24) is 25.7 Å². The molecule has 0 aliphatic heterocycles. The molecule has 0 saturated heterocycles. The summed E-state index contributed by atoms with van der Waals surface area (Å²) in [6.45, 7) is 4.49. The zero-order valence-corrected chi connectivity index (χ0v) is 16.5. The van der Waals surface area contributed by atoms with Crippen LogP contribution in [0, 0.1) is 0 Å². The van der Waals surface area contributed by atoms with Crippen LogP contribution in [0.1, 0.15) is 37.6 Å². The Morgan fingerprint density at radius 1 is 1.52 bits per heavy atom. The maximum Gasteiger partial charge on any atom is 0.239 e. The van der Waals surface area contributed by atoms with Crippen molar-refractivity contribution in [2.45, 2.75) is 45.2 Å². The van der Waals surface area contributed by atoms with Gasteiger partial charge >= 0.3 is 0 Å². The van der Waals surface area contributed by atoms with Crippen molar-refractivity contribution in [3.63, 3.8) is 0 Å². The van der Waals surface area contributed by atoms with Crippen LogP contribution in [0.15, 0.2) is 11.2 Å². The molecule has 1 aromatic rings. The Hall–Kier alpha value is -1.32. The first-order chi connectivity index (χ1) is 10.5. The Kier molecular flexibility index (Phi) is 7.80. The van der Waals surface area contributed by atoms with Gasteiger partial charge in [-0.3, -0.25) is 14.5 Å². The molecule has 0 saturated carbocycles. The number of aliphatic imine (C=N–C) groups is 1. The average Bonchev–Trinajstić information content (AvgIpc) is 2.94. The summed E-state index contributed by atoms with van der Waals surface area (Å²) in [5.74, 6) is 0.588. The van der Waals surface area contributed by atoms with E-state index in [1.807, 2.05) is 4.68 Å². The number of fused-ring (bicyclic) bond motifs is 1. The number of carbonyl (C=O) groups excluding carboxylic acids is 1. The number of aromatic nitrogens is 2. The summed E-state index contributed by atoms with van der Waals surface area (Å²) in [5.41, 5.74) is 2.51. The first-order valence-electron chi connectivity index (χ1n) is 7.78. The van der Waals surface area contributed by atoms with E-state index < -0.39 is 0 Å². The van der Waals surface area contributed by atoms with Gasteiger partial charge in [0.05, 0.1) is 12.2 Å². The summed E-state index contributed by atoms with van der Waals surface area (Å²) in [7, 11) is 3.33. The third-order valence-electron chi connectivity index (χ3n) is 3.89. The Bertz CT molecular complexity index is 554. The SMILES string of the molecule is CN=C(NCC(=O)NC)NC1CCc2cn(C(C)C)nc2C1.I. The highest BCUT2D eigenvalue weighted by molar-refractivity contribution is 14.0. The Balaban J connectivity index is 0.00000264. The molecule has 0 aromatic carbocycles. The zero-order chi connectivity index (χ0) is 16.1. The predicted molar refractivity (Wildman–Crippen MR) is 102 cm³/mol. The molecule has 2 rings (SSSR count). The smallest absolute Gasteiger partial charge is 0.239 e. The third-order valence-corrected chi connectivity index (χ3v) is 3.89. The van der Waals surface area contributed by atoms with E-state index in [9.17, 15) is 4.79 Å². The van der Waals surface area contributed by atoms with Crippen LogP contribution in [0.3, 0.4) is 0 Å². The molecular formula is C15H27IN6O. The number of nitrogens with one attached hydrogen (secondary N) is 3. The number of carbonyl (C=O) groups is 1. The fraction of sp³-hybridized carbons (Fsp3) is 0.667. The van der Waals surface area contributed by atoms with Crippen molar-refractivity contribution < 1.29 is 4.79 Å². The maximum absolute atomic E-state index is 11.3. The van der Waals surface area contributed by atoms with E-state index in [0.717, 1.165) is 19.3 Å². The molecule has 0 spiro atoms. The molecule has 1 unspecified atom stereocenters. The first kappa shape index (κ1) is 19.7. The number of rotatable bonds is 4. The summed E-state index contributed by atoms with van der Waals surface area (Å²) in [5, 5.41) is 13.6. The standard InChI is InChI=1S/C15H26N6O.HI/c1-10(2)21-9-11-5-6-12(7-13(11)20-21)19-15(17-4)18-8-14(22)16-3;/h9-10,12H,5-8H2,1-4H3,(H,16,22)(H2,17,18,19);1H. The molecule has 3 N–H and O–H groups in total. The summed E-state index contributed by atoms with van der Waals surface area (Å²) in [6, 6.07) is 0.679. The predicted octanol–water partition coefficient (Wildman–Crippen LogP) is 0.850. The van der Waals surface area contributed by atoms with Crippen molar-refractivity contribution in [2.75, 3.05) is 20.6 Å². The highest BCUT2D eigenvalue weighted by atomic mass is 127. The number of halogens is 1. The Morgan fingerprint density at radius 2 is 2.26 bits per heavy atom. The number of amides is 1. The molecule has 0 radical (unpaired) electrons. The van der Waals surface area contributed by atoms with Gasteiger partial charge in [-0.1, -0.05) is 0 Å². The second-order valence-corrected chi connectivity index (χ2v) is 5.86. The lowest BCUT2D eigenvalue weighted by atomic mass is 9.94. The Labute approximate surface area is 154 Å². The van der Waals surface area contributed by atoms with Crippen LogP contribution in [0.5, 0.6) is 0 Å². The monoisotopic (exact) mass is 434 g/mol. The molecular weight excluding hydrogens is 407 g/mol. The lowest BCUT2D eigenvalue weighted by Gasteiger charge is -2.24. The average molecular weight is 434 g/mol. The van der Waals surface area contributed by atoms with E-state index >= 15 is 0 Å². The molecule has 7 nitrogen and oxygen atoms in total. The van der Waals surface area contributed by atoms with Crippen LogP contribution in [0.25, 0.3) is 0 Å². The molecule has 1 aromatic heterocycles. The molecule has 1 atom stereocenters. The summed E-state index contributed by atoms with van der Waals surface area (Å²) < 4.78 is 2.03. The summed E-state index contributed by atoms with van der Waals surface area (Å²) >= 11 is 0. The lowest BCUT2D eigenvalue weighted by molar-refractivity contribution is -0.119. The van der Waals surface area contributed by atoms with Crippen molar-refractivity contribution in [1.29, 1.82) is 0 Å². The van der Waals surface area contributed by atoms with Gasteiger partial charge in [-0.15, -0.1) is 24.0 Å². The van der Waals surface area contributed by atoms with Crippen molar-refractivity contribution in [2.24, 2.45) is 4.99 Å². The van der Waals surface area contributed by atoms with Gasteiger partial charge in [-0.05, 0) is 32.3 Å². The largest absolute Gasteiger partial charge is 0.358 e. The van der Waals surface area contributed by atoms with Crippen molar-refractivity contribution >= 4 is 35.8 Å². The van der Waals surface area contributed by atoms with Gasteiger partial charge in [0, 0.05) is 38.8 Å². The van der Waals surface area contributed by atoms with Gasteiger partial charge in [-0.25, -0.2) is 0 Å². The van der Waals surface area contributed by atoms with Crippen LogP contribution >= 0.6 is 24.0 Å². The number of guanidine groups is 1. The van der Waals surface area contributed by atoms with E-state index in [-0.39, 0.29) is 36.4 Å². The molecule has 130 valence electrons. The molecule has 1 aliphatic carbocycles. The first-order valence-corrected chi connectivity index (χ1v) is 7.78. The van der Waals surface area contributed by atoms with E-state index in [1.165, 1.54) is 11.3 Å². The fourth-order valence-corrected chi connectivity index (χ4v) is 2.54. The minimum atomic E-state index is -0.0652. The van der Waals surface area contributed by atoms with Gasteiger partial charge in [0.15, 0.2) is 5.96 Å². The summed E-state index contributed by atoms with van der Waals surface area (Å²) in [6.07, 6.45) is 5.11. The fourth-order valence-electron chi connectivity index (χ4n) is 2.54. The number of aryl methyl sites for hydroxylation is 1. The van der Waals surface area contributed by atoms with Gasteiger partial charge in [-0.2, -0.15) is 5.10 Å². The normalized spacial score (nSPS) is 17.3. The number of likely N-dealkylation sites (N-methyl/N-ethyl adjacent to an activating group) is 1. The molecule has 1 heterocycles. The quantitative estimate of drug-likeness (QED) is 0.373. The van der Waals surface area contributed by atoms with Gasteiger partial charge in [0.1, 0.15) is 0 Å². The van der Waals surface area contributed by atoms with E-state index in [4.69, 9.17) is 0 Å². The lowest BCUT2D eigenvalue weighted by Crippen LogP contribution is -2.48. The number of nitrogens with zero attached hydrogens (tertiary/aromatic N) is 3. The van der Waals surface area contributed by atoms with Crippen LogP contribution in [0.2, 0.25) is 0 Å². The van der Waals surface area contributed by atoms with E-state index in [0.29, 0.717) is 18.0 Å². The topological polar surface area (TPSA) is 83.3 Å². The second-order valence-electron chi connectivity index (χ2n) is 5.86. The van der Waals surface area contributed by atoms with E-state index in [1.54, 1.807) is 14.1 Å². The minimum absolute atomic E-state index is 0. The molecule has 23 heavy (non-hydrogen) atoms. The Morgan fingerprint density at radius 3 is 2.87 bits per heavy atom. The minimum Gasteiger partial charge on any atom is -0.358 e. The number of hydrogen-bond acceptors (Lipinski definition) is 3. The van der Waals surface area contributed by atoms with Gasteiger partial charge in [0.2, 0.25) is 5.91 Å².